The molecule has 0 unspecified atom stereocenters. The summed E-state index contributed by atoms with van der Waals surface area (Å²) in [5.74, 6) is 1.76. The molecule has 3 rings (SSSR count). The molecule has 148 valence electrons. The number of likely N-dealkylation sites (N-methyl/N-ethyl adjacent to an activating group) is 1. The summed E-state index contributed by atoms with van der Waals surface area (Å²) >= 11 is 0. The normalized spacial score (nSPS) is 14.1. The van der Waals surface area contributed by atoms with Crippen LogP contribution in [0.25, 0.3) is 10.9 Å². The lowest BCUT2D eigenvalue weighted by atomic mass is 10.1. The molecule has 1 aliphatic rings. The number of pyridine rings is 1. The number of guanidine groups is 1. The van der Waals surface area contributed by atoms with Gasteiger partial charge in [-0.1, -0.05) is 24.3 Å². The number of para-hydroxylation sites is 1. The minimum Gasteiger partial charge on any atom is -0.379 e. The van der Waals surface area contributed by atoms with E-state index in [1.165, 1.54) is 23.8 Å². The van der Waals surface area contributed by atoms with Crippen LogP contribution in [-0.4, -0.2) is 55.7 Å². The van der Waals surface area contributed by atoms with Gasteiger partial charge in [-0.15, -0.1) is 24.0 Å². The van der Waals surface area contributed by atoms with Gasteiger partial charge in [0.15, 0.2) is 5.96 Å². The van der Waals surface area contributed by atoms with Gasteiger partial charge in [0.2, 0.25) is 0 Å². The van der Waals surface area contributed by atoms with Gasteiger partial charge in [0.05, 0.1) is 12.1 Å². The number of nitrogens with one attached hydrogen (secondary N) is 1. The first kappa shape index (κ1) is 21.9. The number of rotatable bonds is 9. The lowest BCUT2D eigenvalue weighted by Crippen LogP contribution is -2.40. The Bertz CT molecular complexity index is 728. The highest BCUT2D eigenvalue weighted by Gasteiger charge is 2.21. The number of ether oxygens (including phenoxy) is 1. The van der Waals surface area contributed by atoms with Crippen LogP contribution in [0.1, 0.15) is 25.3 Å². The Morgan fingerprint density at radius 3 is 2.89 bits per heavy atom. The van der Waals surface area contributed by atoms with Gasteiger partial charge in [-0.3, -0.25) is 9.98 Å². The zero-order chi connectivity index (χ0) is 18.2. The summed E-state index contributed by atoms with van der Waals surface area (Å²) in [7, 11) is 2.07. The minimum atomic E-state index is 0. The topological polar surface area (TPSA) is 49.8 Å². The maximum atomic E-state index is 5.75. The van der Waals surface area contributed by atoms with E-state index in [0.717, 1.165) is 56.7 Å². The maximum Gasteiger partial charge on any atom is 0.193 e. The Morgan fingerprint density at radius 2 is 2.11 bits per heavy atom. The van der Waals surface area contributed by atoms with E-state index in [2.05, 4.69) is 53.4 Å². The van der Waals surface area contributed by atoms with E-state index in [1.54, 1.807) is 0 Å². The quantitative estimate of drug-likeness (QED) is 0.256. The van der Waals surface area contributed by atoms with Gasteiger partial charge < -0.3 is 15.0 Å². The molecule has 1 N–H and O–H groups in total. The number of halogens is 1. The highest BCUT2D eigenvalue weighted by atomic mass is 127. The standard InChI is InChI=1S/C21H30N4O.HI/c1-3-22-21(25(2)14-15-26-16-17-9-10-17)24-13-11-19-7-4-6-18-8-5-12-23-20(18)19;/h4-8,12,17H,3,9-11,13-16H2,1-2H3,(H,22,24);1H. The zero-order valence-electron chi connectivity index (χ0n) is 16.4. The molecule has 0 saturated heterocycles. The van der Waals surface area contributed by atoms with Crippen molar-refractivity contribution < 1.29 is 4.74 Å². The van der Waals surface area contributed by atoms with Gasteiger partial charge in [-0.2, -0.15) is 0 Å². The minimum absolute atomic E-state index is 0. The molecule has 1 fully saturated rings. The smallest absolute Gasteiger partial charge is 0.193 e. The Labute approximate surface area is 179 Å². The molecule has 0 amide bonds. The lowest BCUT2D eigenvalue weighted by Gasteiger charge is -2.22. The summed E-state index contributed by atoms with van der Waals surface area (Å²) in [6.45, 7) is 6.23. The number of hydrogen-bond acceptors (Lipinski definition) is 3. The first-order chi connectivity index (χ1) is 12.8. The predicted molar refractivity (Wildman–Crippen MR) is 123 cm³/mol. The molecule has 1 heterocycles. The second kappa shape index (κ2) is 11.4. The summed E-state index contributed by atoms with van der Waals surface area (Å²) in [6.07, 6.45) is 5.41. The first-order valence-electron chi connectivity index (χ1n) is 9.67. The fraction of sp³-hybridized carbons (Fsp3) is 0.524. The maximum absolute atomic E-state index is 5.75. The fourth-order valence-electron chi connectivity index (χ4n) is 2.96. The Morgan fingerprint density at radius 1 is 1.30 bits per heavy atom. The van der Waals surface area contributed by atoms with Crippen molar-refractivity contribution in [3.8, 4) is 0 Å². The molecule has 0 radical (unpaired) electrons. The molecular weight excluding hydrogens is 451 g/mol. The first-order valence-corrected chi connectivity index (χ1v) is 9.67. The highest BCUT2D eigenvalue weighted by molar-refractivity contribution is 14.0. The average molecular weight is 482 g/mol. The van der Waals surface area contributed by atoms with Crippen molar-refractivity contribution in [3.63, 3.8) is 0 Å². The van der Waals surface area contributed by atoms with Crippen molar-refractivity contribution in [2.24, 2.45) is 10.9 Å². The summed E-state index contributed by atoms with van der Waals surface area (Å²) < 4.78 is 5.75. The van der Waals surface area contributed by atoms with Gasteiger partial charge >= 0.3 is 0 Å². The van der Waals surface area contributed by atoms with Crippen LogP contribution < -0.4 is 5.32 Å². The zero-order valence-corrected chi connectivity index (χ0v) is 18.7. The van der Waals surface area contributed by atoms with Crippen LogP contribution in [0.5, 0.6) is 0 Å². The van der Waals surface area contributed by atoms with Crippen molar-refractivity contribution in [1.82, 2.24) is 15.2 Å². The van der Waals surface area contributed by atoms with Crippen LogP contribution in [0.3, 0.4) is 0 Å². The number of fused-ring (bicyclic) bond motifs is 1. The molecule has 0 spiro atoms. The van der Waals surface area contributed by atoms with Gasteiger partial charge in [-0.25, -0.2) is 0 Å². The number of benzene rings is 1. The molecule has 6 heteroatoms. The van der Waals surface area contributed by atoms with Gasteiger partial charge in [0.1, 0.15) is 0 Å². The number of aliphatic imine (C=N–C) groups is 1. The van der Waals surface area contributed by atoms with E-state index in [4.69, 9.17) is 9.73 Å². The summed E-state index contributed by atoms with van der Waals surface area (Å²) in [5, 5.41) is 4.56. The molecule has 1 aromatic heterocycles. The molecule has 0 atom stereocenters. The third-order valence-electron chi connectivity index (χ3n) is 4.68. The van der Waals surface area contributed by atoms with E-state index < -0.39 is 0 Å². The van der Waals surface area contributed by atoms with Crippen molar-refractivity contribution in [2.45, 2.75) is 26.2 Å². The number of nitrogens with zero attached hydrogens (tertiary/aromatic N) is 3. The van der Waals surface area contributed by atoms with Crippen LogP contribution >= 0.6 is 24.0 Å². The summed E-state index contributed by atoms with van der Waals surface area (Å²) in [6, 6.07) is 10.4. The van der Waals surface area contributed by atoms with Gasteiger partial charge in [0, 0.05) is 44.9 Å². The van der Waals surface area contributed by atoms with Crippen LogP contribution in [0.4, 0.5) is 0 Å². The number of aromatic nitrogens is 1. The predicted octanol–water partition coefficient (Wildman–Crippen LogP) is 3.72. The summed E-state index contributed by atoms with van der Waals surface area (Å²) in [5.41, 5.74) is 2.33. The molecule has 0 aliphatic heterocycles. The SMILES string of the molecule is CCNC(=NCCc1cccc2cccnc12)N(C)CCOCC1CC1.I. The largest absolute Gasteiger partial charge is 0.379 e. The average Bonchev–Trinajstić information content (AvgIpc) is 3.49. The molecular formula is C21H31IN4O. The molecule has 1 saturated carbocycles. The Balaban J connectivity index is 0.00000261. The highest BCUT2D eigenvalue weighted by Crippen LogP contribution is 2.28. The molecule has 5 nitrogen and oxygen atoms in total. The van der Waals surface area contributed by atoms with Gasteiger partial charge in [-0.05, 0) is 43.7 Å². The van der Waals surface area contributed by atoms with E-state index in [-0.39, 0.29) is 24.0 Å². The Hall–Kier alpha value is -1.41. The molecule has 0 bridgehead atoms. The van der Waals surface area contributed by atoms with Crippen molar-refractivity contribution >= 4 is 40.8 Å². The van der Waals surface area contributed by atoms with E-state index in [1.807, 2.05) is 12.3 Å². The lowest BCUT2D eigenvalue weighted by molar-refractivity contribution is 0.115. The van der Waals surface area contributed by atoms with Crippen molar-refractivity contribution in [1.29, 1.82) is 0 Å². The molecule has 27 heavy (non-hydrogen) atoms. The van der Waals surface area contributed by atoms with Crippen LogP contribution in [-0.2, 0) is 11.2 Å². The third-order valence-corrected chi connectivity index (χ3v) is 4.68. The van der Waals surface area contributed by atoms with E-state index >= 15 is 0 Å². The molecule has 2 aromatic rings. The monoisotopic (exact) mass is 482 g/mol. The molecule has 1 aromatic carbocycles. The van der Waals surface area contributed by atoms with Crippen LogP contribution in [0.15, 0.2) is 41.5 Å². The Kier molecular flexibility index (Phi) is 9.27. The van der Waals surface area contributed by atoms with Crippen LogP contribution in [0, 0.1) is 5.92 Å². The number of hydrogen-bond donors (Lipinski definition) is 1. The van der Waals surface area contributed by atoms with E-state index in [9.17, 15) is 0 Å². The second-order valence-electron chi connectivity index (χ2n) is 6.92. The van der Waals surface area contributed by atoms with E-state index in [0.29, 0.717) is 0 Å². The summed E-state index contributed by atoms with van der Waals surface area (Å²) in [4.78, 5) is 11.5. The van der Waals surface area contributed by atoms with Gasteiger partial charge in [0.25, 0.3) is 0 Å². The fourth-order valence-corrected chi connectivity index (χ4v) is 2.96. The third kappa shape index (κ3) is 6.92. The van der Waals surface area contributed by atoms with Crippen LogP contribution in [0.2, 0.25) is 0 Å². The molecule has 1 aliphatic carbocycles. The van der Waals surface area contributed by atoms with Crippen molar-refractivity contribution in [3.05, 3.63) is 42.1 Å². The van der Waals surface area contributed by atoms with Crippen molar-refractivity contribution in [2.75, 3.05) is 39.9 Å². The second-order valence-corrected chi connectivity index (χ2v) is 6.92.